The Labute approximate surface area is 220 Å². The summed E-state index contributed by atoms with van der Waals surface area (Å²) in [5, 5.41) is 5.87. The van der Waals surface area contributed by atoms with Crippen molar-refractivity contribution in [2.45, 2.75) is 91.3 Å². The number of halogens is 1. The van der Waals surface area contributed by atoms with Crippen molar-refractivity contribution in [2.24, 2.45) is 11.3 Å². The first-order valence-corrected chi connectivity index (χ1v) is 13.3. The Morgan fingerprint density at radius 2 is 1.76 bits per heavy atom. The van der Waals surface area contributed by atoms with Crippen LogP contribution in [0.4, 0.5) is 4.39 Å². The van der Waals surface area contributed by atoms with Crippen molar-refractivity contribution in [3.8, 4) is 0 Å². The standard InChI is InChI=1S/C28H43FN4O4/c1-17(2)14-23(34)33-15-22(37-16-19-8-10-20(29)11-9-19)24-21(33)12-13-32(24)27(36)25(28(4,5)6)31-26(35)18(3)30-7/h8-11,17-18,21-22,24-25,30H,12-16H2,1-7H3,(H,31,35)/t18-,21+,22-,24-,25+/m0/s1. The average Bonchev–Trinajstić information content (AvgIpc) is 3.41. The molecule has 0 unspecified atom stereocenters. The summed E-state index contributed by atoms with van der Waals surface area (Å²) in [4.78, 5) is 43.5. The molecule has 2 aliphatic rings. The Hall–Kier alpha value is -2.52. The van der Waals surface area contributed by atoms with Crippen molar-refractivity contribution >= 4 is 17.7 Å². The molecule has 2 fully saturated rings. The van der Waals surface area contributed by atoms with Gasteiger partial charge >= 0.3 is 0 Å². The lowest BCUT2D eigenvalue weighted by molar-refractivity contribution is -0.142. The molecule has 2 aliphatic heterocycles. The van der Waals surface area contributed by atoms with Crippen molar-refractivity contribution in [2.75, 3.05) is 20.1 Å². The van der Waals surface area contributed by atoms with E-state index >= 15 is 0 Å². The number of ether oxygens (including phenoxy) is 1. The normalized spacial score (nSPS) is 23.2. The molecule has 0 spiro atoms. The number of hydrogen-bond donors (Lipinski definition) is 2. The molecule has 2 saturated heterocycles. The first kappa shape index (κ1) is 29.0. The fraction of sp³-hybridized carbons (Fsp3) is 0.679. The van der Waals surface area contributed by atoms with Crippen LogP contribution in [-0.2, 0) is 25.7 Å². The highest BCUT2D eigenvalue weighted by Crippen LogP contribution is 2.36. The SMILES string of the molecule is CN[C@@H](C)C(=O)N[C@H](C(=O)N1CC[C@@H]2[C@H]1[C@@H](OCc1ccc(F)cc1)CN2C(=O)CC(C)C)C(C)(C)C. The molecule has 9 heteroatoms. The predicted octanol–water partition coefficient (Wildman–Crippen LogP) is 2.71. The van der Waals surface area contributed by atoms with E-state index < -0.39 is 17.5 Å². The van der Waals surface area contributed by atoms with Gasteiger partial charge < -0.3 is 25.2 Å². The number of fused-ring (bicyclic) bond motifs is 1. The zero-order chi connectivity index (χ0) is 27.5. The van der Waals surface area contributed by atoms with E-state index in [4.69, 9.17) is 4.74 Å². The fourth-order valence-electron chi connectivity index (χ4n) is 5.18. The Bertz CT molecular complexity index is 962. The Morgan fingerprint density at radius 1 is 1.11 bits per heavy atom. The van der Waals surface area contributed by atoms with Crippen LogP contribution in [0.5, 0.6) is 0 Å². The van der Waals surface area contributed by atoms with Crippen LogP contribution in [0, 0.1) is 17.2 Å². The van der Waals surface area contributed by atoms with Crippen LogP contribution < -0.4 is 10.6 Å². The second-order valence-corrected chi connectivity index (χ2v) is 11.8. The lowest BCUT2D eigenvalue weighted by Crippen LogP contribution is -2.59. The van der Waals surface area contributed by atoms with Gasteiger partial charge in [-0.15, -0.1) is 0 Å². The van der Waals surface area contributed by atoms with Crippen molar-refractivity contribution in [3.05, 3.63) is 35.6 Å². The zero-order valence-corrected chi connectivity index (χ0v) is 23.2. The van der Waals surface area contributed by atoms with Gasteiger partial charge in [0.2, 0.25) is 17.7 Å². The third-order valence-electron chi connectivity index (χ3n) is 7.37. The average molecular weight is 519 g/mol. The molecule has 0 aliphatic carbocycles. The fourth-order valence-corrected chi connectivity index (χ4v) is 5.18. The van der Waals surface area contributed by atoms with Crippen LogP contribution in [0.2, 0.25) is 0 Å². The summed E-state index contributed by atoms with van der Waals surface area (Å²) in [5.41, 5.74) is 0.302. The van der Waals surface area contributed by atoms with Gasteiger partial charge in [-0.2, -0.15) is 0 Å². The van der Waals surface area contributed by atoms with E-state index in [0.29, 0.717) is 25.9 Å². The highest BCUT2D eigenvalue weighted by Gasteiger charge is 2.54. The molecule has 2 N–H and O–H groups in total. The van der Waals surface area contributed by atoms with Crippen LogP contribution >= 0.6 is 0 Å². The van der Waals surface area contributed by atoms with Gasteiger partial charge in [-0.25, -0.2) is 4.39 Å². The van der Waals surface area contributed by atoms with Gasteiger partial charge in [0, 0.05) is 19.5 Å². The number of likely N-dealkylation sites (N-methyl/N-ethyl adjacent to an activating group) is 1. The molecule has 0 radical (unpaired) electrons. The van der Waals surface area contributed by atoms with Gasteiger partial charge in [0.05, 0.1) is 30.8 Å². The van der Waals surface area contributed by atoms with Gasteiger partial charge in [-0.05, 0) is 49.4 Å². The monoisotopic (exact) mass is 518 g/mol. The van der Waals surface area contributed by atoms with Gasteiger partial charge in [0.25, 0.3) is 0 Å². The van der Waals surface area contributed by atoms with Gasteiger partial charge in [0.1, 0.15) is 11.9 Å². The molecule has 8 nitrogen and oxygen atoms in total. The second-order valence-electron chi connectivity index (χ2n) is 11.8. The molecule has 1 aromatic carbocycles. The van der Waals surface area contributed by atoms with Crippen LogP contribution in [-0.4, -0.2) is 77.9 Å². The third-order valence-corrected chi connectivity index (χ3v) is 7.37. The Morgan fingerprint density at radius 3 is 2.32 bits per heavy atom. The summed E-state index contributed by atoms with van der Waals surface area (Å²) in [5.74, 6) is -0.429. The molecule has 3 rings (SSSR count). The highest BCUT2D eigenvalue weighted by molar-refractivity contribution is 5.90. The summed E-state index contributed by atoms with van der Waals surface area (Å²) in [6, 6.07) is 4.52. The largest absolute Gasteiger partial charge is 0.369 e. The summed E-state index contributed by atoms with van der Waals surface area (Å²) in [6.07, 6.45) is 0.712. The van der Waals surface area contributed by atoms with E-state index in [0.717, 1.165) is 5.56 Å². The minimum absolute atomic E-state index is 0.0655. The quantitative estimate of drug-likeness (QED) is 0.525. The topological polar surface area (TPSA) is 91.0 Å². The molecule has 0 saturated carbocycles. The summed E-state index contributed by atoms with van der Waals surface area (Å²) >= 11 is 0. The lowest BCUT2D eigenvalue weighted by atomic mass is 9.85. The van der Waals surface area contributed by atoms with Crippen LogP contribution in [0.3, 0.4) is 0 Å². The number of benzene rings is 1. The van der Waals surface area contributed by atoms with E-state index in [1.807, 2.05) is 44.4 Å². The number of amides is 3. The van der Waals surface area contributed by atoms with E-state index in [1.165, 1.54) is 12.1 Å². The summed E-state index contributed by atoms with van der Waals surface area (Å²) in [6.45, 7) is 12.7. The van der Waals surface area contributed by atoms with Gasteiger partial charge in [-0.1, -0.05) is 46.8 Å². The van der Waals surface area contributed by atoms with Crippen LogP contribution in [0.25, 0.3) is 0 Å². The number of carbonyl (C=O) groups is 3. The van der Waals surface area contributed by atoms with Gasteiger partial charge in [0.15, 0.2) is 0 Å². The number of likely N-dealkylation sites (tertiary alicyclic amines) is 2. The van der Waals surface area contributed by atoms with Crippen molar-refractivity contribution in [3.63, 3.8) is 0 Å². The molecule has 1 aromatic rings. The lowest BCUT2D eigenvalue weighted by Gasteiger charge is -2.37. The zero-order valence-electron chi connectivity index (χ0n) is 23.2. The van der Waals surface area contributed by atoms with Crippen LogP contribution in [0.1, 0.15) is 59.9 Å². The molecule has 0 bridgehead atoms. The second kappa shape index (κ2) is 11.9. The molecular formula is C28H43FN4O4. The Kier molecular flexibility index (Phi) is 9.34. The first-order chi connectivity index (χ1) is 17.3. The number of nitrogens with zero attached hydrogens (tertiary/aromatic N) is 2. The molecule has 5 atom stereocenters. The van der Waals surface area contributed by atoms with E-state index in [-0.39, 0.29) is 54.3 Å². The third kappa shape index (κ3) is 6.87. The van der Waals surface area contributed by atoms with Gasteiger partial charge in [-0.3, -0.25) is 14.4 Å². The summed E-state index contributed by atoms with van der Waals surface area (Å²) < 4.78 is 19.7. The first-order valence-electron chi connectivity index (χ1n) is 13.3. The number of nitrogens with one attached hydrogen (secondary N) is 2. The van der Waals surface area contributed by atoms with E-state index in [1.54, 1.807) is 26.1 Å². The predicted molar refractivity (Wildman–Crippen MR) is 140 cm³/mol. The highest BCUT2D eigenvalue weighted by atomic mass is 19.1. The number of rotatable bonds is 9. The molecular weight excluding hydrogens is 475 g/mol. The maximum atomic E-state index is 14.0. The minimum Gasteiger partial charge on any atom is -0.369 e. The maximum absolute atomic E-state index is 14.0. The minimum atomic E-state index is -0.729. The summed E-state index contributed by atoms with van der Waals surface area (Å²) in [7, 11) is 1.70. The Balaban J connectivity index is 1.85. The van der Waals surface area contributed by atoms with Crippen LogP contribution in [0.15, 0.2) is 24.3 Å². The number of carbonyl (C=O) groups excluding carboxylic acids is 3. The number of hydrogen-bond acceptors (Lipinski definition) is 5. The smallest absolute Gasteiger partial charge is 0.246 e. The van der Waals surface area contributed by atoms with E-state index in [2.05, 4.69) is 10.6 Å². The molecule has 0 aromatic heterocycles. The van der Waals surface area contributed by atoms with Crippen molar-refractivity contribution < 1.29 is 23.5 Å². The maximum Gasteiger partial charge on any atom is 0.246 e. The molecule has 2 heterocycles. The van der Waals surface area contributed by atoms with E-state index in [9.17, 15) is 18.8 Å². The van der Waals surface area contributed by atoms with Crippen molar-refractivity contribution in [1.82, 2.24) is 20.4 Å². The molecule has 3 amide bonds. The molecule has 206 valence electrons. The molecule has 37 heavy (non-hydrogen) atoms. The van der Waals surface area contributed by atoms with Crippen molar-refractivity contribution in [1.29, 1.82) is 0 Å².